The minimum absolute atomic E-state index is 0.0142. The van der Waals surface area contributed by atoms with Crippen molar-refractivity contribution in [3.8, 4) is 0 Å². The number of hydrogen-bond acceptors (Lipinski definition) is 4. The van der Waals surface area contributed by atoms with E-state index in [1.54, 1.807) is 13.0 Å². The summed E-state index contributed by atoms with van der Waals surface area (Å²) in [4.78, 5) is 13.0. The van der Waals surface area contributed by atoms with Gasteiger partial charge in [0, 0.05) is 11.8 Å². The minimum Gasteiger partial charge on any atom is -0.293 e. The summed E-state index contributed by atoms with van der Waals surface area (Å²) in [5, 5.41) is 4.07. The van der Waals surface area contributed by atoms with Crippen molar-refractivity contribution in [2.45, 2.75) is 39.5 Å². The van der Waals surface area contributed by atoms with E-state index >= 15 is 0 Å². The van der Waals surface area contributed by atoms with Gasteiger partial charge in [-0.1, -0.05) is 31.3 Å². The van der Waals surface area contributed by atoms with E-state index in [1.807, 2.05) is 20.8 Å². The lowest BCUT2D eigenvalue weighted by Gasteiger charge is -2.16. The number of Topliss-reactive ketones (excluding diaryl/α,β-unsaturated/α-hetero) is 1. The highest BCUT2D eigenvalue weighted by molar-refractivity contribution is 7.08. The van der Waals surface area contributed by atoms with Crippen molar-refractivity contribution < 1.29 is 9.18 Å². The molecule has 0 saturated heterocycles. The first-order chi connectivity index (χ1) is 9.29. The van der Waals surface area contributed by atoms with Gasteiger partial charge in [-0.05, 0) is 41.7 Å². The molecule has 0 atom stereocenters. The summed E-state index contributed by atoms with van der Waals surface area (Å²) in [5.74, 6) is -0.298. The molecule has 2 aromatic rings. The first-order valence-corrected chi connectivity index (χ1v) is 7.17. The second kappa shape index (κ2) is 5.40. The van der Waals surface area contributed by atoms with Crippen LogP contribution in [-0.2, 0) is 11.8 Å². The highest BCUT2D eigenvalue weighted by atomic mass is 32.1. The van der Waals surface area contributed by atoms with Gasteiger partial charge >= 0.3 is 0 Å². The van der Waals surface area contributed by atoms with E-state index in [1.165, 1.54) is 12.1 Å². The van der Waals surface area contributed by atoms with E-state index in [2.05, 4.69) is 9.59 Å². The Morgan fingerprint density at radius 3 is 2.65 bits per heavy atom. The topological polar surface area (TPSA) is 42.9 Å². The quantitative estimate of drug-likeness (QED) is 0.810. The van der Waals surface area contributed by atoms with Crippen molar-refractivity contribution >= 4 is 17.3 Å². The maximum atomic E-state index is 13.1. The normalized spacial score (nSPS) is 11.7. The average Bonchev–Trinajstić information content (AvgIpc) is 2.81. The molecule has 0 spiro atoms. The largest absolute Gasteiger partial charge is 0.293 e. The van der Waals surface area contributed by atoms with Gasteiger partial charge in [-0.3, -0.25) is 4.79 Å². The number of ketones is 1. The van der Waals surface area contributed by atoms with Crippen LogP contribution in [0, 0.1) is 12.7 Å². The Bertz CT molecular complexity index is 644. The minimum atomic E-state index is -0.284. The maximum Gasteiger partial charge on any atom is 0.180 e. The van der Waals surface area contributed by atoms with Gasteiger partial charge in [-0.15, -0.1) is 5.10 Å². The summed E-state index contributed by atoms with van der Waals surface area (Å²) in [6, 6.07) is 4.48. The number of benzene rings is 1. The van der Waals surface area contributed by atoms with Crippen LogP contribution in [0.2, 0.25) is 0 Å². The van der Waals surface area contributed by atoms with Crippen LogP contribution >= 0.6 is 11.5 Å². The average molecular weight is 292 g/mol. The van der Waals surface area contributed by atoms with E-state index in [0.717, 1.165) is 28.4 Å². The van der Waals surface area contributed by atoms with Crippen molar-refractivity contribution in [2.75, 3.05) is 0 Å². The van der Waals surface area contributed by atoms with E-state index in [9.17, 15) is 9.18 Å². The molecule has 1 aromatic heterocycles. The molecule has 0 saturated carbocycles. The summed E-state index contributed by atoms with van der Waals surface area (Å²) >= 11 is 1.13. The lowest BCUT2D eigenvalue weighted by molar-refractivity contribution is 0.0994. The van der Waals surface area contributed by atoms with Gasteiger partial charge in [0.05, 0.1) is 5.69 Å². The Morgan fingerprint density at radius 1 is 1.35 bits per heavy atom. The van der Waals surface area contributed by atoms with Crippen LogP contribution in [0.1, 0.15) is 47.3 Å². The zero-order chi connectivity index (χ0) is 14.9. The second-order valence-electron chi connectivity index (χ2n) is 5.87. The third kappa shape index (κ3) is 3.10. The highest BCUT2D eigenvalue weighted by Crippen LogP contribution is 2.27. The fourth-order valence-electron chi connectivity index (χ4n) is 1.98. The predicted octanol–water partition coefficient (Wildman–Crippen LogP) is 3.71. The molecule has 0 aliphatic carbocycles. The van der Waals surface area contributed by atoms with Gasteiger partial charge in [0.15, 0.2) is 5.78 Å². The van der Waals surface area contributed by atoms with Crippen LogP contribution in [0.3, 0.4) is 0 Å². The summed E-state index contributed by atoms with van der Waals surface area (Å²) in [6.45, 7) is 7.82. The van der Waals surface area contributed by atoms with Crippen molar-refractivity contribution in [1.29, 1.82) is 0 Å². The molecule has 5 heteroatoms. The Labute approximate surface area is 122 Å². The van der Waals surface area contributed by atoms with Crippen molar-refractivity contribution in [3.63, 3.8) is 0 Å². The molecule has 1 aromatic carbocycles. The molecule has 3 nitrogen and oxygen atoms in total. The van der Waals surface area contributed by atoms with Crippen LogP contribution in [0.4, 0.5) is 4.39 Å². The smallest absolute Gasteiger partial charge is 0.180 e. The number of aryl methyl sites for hydroxylation is 1. The lowest BCUT2D eigenvalue weighted by Crippen LogP contribution is -2.17. The number of nitrogens with zero attached hydrogens (tertiary/aromatic N) is 2. The van der Waals surface area contributed by atoms with Gasteiger partial charge in [0.25, 0.3) is 0 Å². The summed E-state index contributed by atoms with van der Waals surface area (Å²) < 4.78 is 17.0. The number of aromatic nitrogens is 2. The molecular formula is C15H17FN2OS. The monoisotopic (exact) mass is 292 g/mol. The van der Waals surface area contributed by atoms with Crippen LogP contribution < -0.4 is 0 Å². The number of halogens is 1. The van der Waals surface area contributed by atoms with Crippen LogP contribution in [-0.4, -0.2) is 15.4 Å². The van der Waals surface area contributed by atoms with Crippen LogP contribution in [0.15, 0.2) is 18.2 Å². The Balaban J connectivity index is 2.27. The molecule has 0 fully saturated rings. The summed E-state index contributed by atoms with van der Waals surface area (Å²) in [7, 11) is 0. The highest BCUT2D eigenvalue weighted by Gasteiger charge is 2.26. The first-order valence-electron chi connectivity index (χ1n) is 6.40. The van der Waals surface area contributed by atoms with Crippen LogP contribution in [0.5, 0.6) is 0 Å². The van der Waals surface area contributed by atoms with Gasteiger partial charge in [-0.2, -0.15) is 0 Å². The van der Waals surface area contributed by atoms with E-state index < -0.39 is 0 Å². The number of carbonyl (C=O) groups excluding carboxylic acids is 1. The SMILES string of the molecule is Cc1cc(F)ccc1CC(=O)c1snnc1C(C)(C)C. The van der Waals surface area contributed by atoms with Gasteiger partial charge < -0.3 is 0 Å². The Morgan fingerprint density at radius 2 is 2.05 bits per heavy atom. The van der Waals surface area contributed by atoms with Crippen molar-refractivity contribution in [3.05, 3.63) is 45.7 Å². The molecule has 0 unspecified atom stereocenters. The molecule has 106 valence electrons. The molecule has 0 bridgehead atoms. The van der Waals surface area contributed by atoms with E-state index in [4.69, 9.17) is 0 Å². The maximum absolute atomic E-state index is 13.1. The summed E-state index contributed by atoms with van der Waals surface area (Å²) in [5.41, 5.74) is 2.14. The molecule has 0 aliphatic heterocycles. The van der Waals surface area contributed by atoms with Gasteiger partial charge in [0.2, 0.25) is 0 Å². The number of carbonyl (C=O) groups is 1. The predicted molar refractivity (Wildman–Crippen MR) is 77.8 cm³/mol. The second-order valence-corrected chi connectivity index (χ2v) is 6.63. The molecule has 0 amide bonds. The number of rotatable bonds is 3. The third-order valence-electron chi connectivity index (χ3n) is 3.11. The van der Waals surface area contributed by atoms with Crippen molar-refractivity contribution in [1.82, 2.24) is 9.59 Å². The zero-order valence-corrected chi connectivity index (χ0v) is 12.8. The Hall–Kier alpha value is -1.62. The Kier molecular flexibility index (Phi) is 3.99. The molecule has 0 aliphatic rings. The molecule has 2 rings (SSSR count). The molecule has 0 radical (unpaired) electrons. The first kappa shape index (κ1) is 14.8. The standard InChI is InChI=1S/C15H17FN2OS/c1-9-7-11(16)6-5-10(9)8-12(19)13-14(15(2,3)4)17-18-20-13/h5-7H,8H2,1-4H3. The zero-order valence-electron chi connectivity index (χ0n) is 12.0. The number of hydrogen-bond donors (Lipinski definition) is 0. The van der Waals surface area contributed by atoms with E-state index in [0.29, 0.717) is 4.88 Å². The fraction of sp³-hybridized carbons (Fsp3) is 0.400. The summed E-state index contributed by atoms with van der Waals surface area (Å²) in [6.07, 6.45) is 0.249. The van der Waals surface area contributed by atoms with Crippen molar-refractivity contribution in [2.24, 2.45) is 0 Å². The molecule has 1 heterocycles. The van der Waals surface area contributed by atoms with Crippen LogP contribution in [0.25, 0.3) is 0 Å². The lowest BCUT2D eigenvalue weighted by atomic mass is 9.90. The van der Waals surface area contributed by atoms with Gasteiger partial charge in [-0.25, -0.2) is 4.39 Å². The fourth-order valence-corrected chi connectivity index (χ4v) is 2.79. The molecule has 20 heavy (non-hydrogen) atoms. The molecular weight excluding hydrogens is 275 g/mol. The van der Waals surface area contributed by atoms with E-state index in [-0.39, 0.29) is 23.4 Å². The van der Waals surface area contributed by atoms with Gasteiger partial charge in [0.1, 0.15) is 10.7 Å². The molecule has 0 N–H and O–H groups in total. The third-order valence-corrected chi connectivity index (χ3v) is 3.87.